The molecule has 7 nitrogen and oxygen atoms in total. The smallest absolute Gasteiger partial charge is 0.261 e. The molecule has 0 aliphatic carbocycles. The Bertz CT molecular complexity index is 1290. The number of fused-ring (bicyclic) bond motifs is 2. The third-order valence-electron chi connectivity index (χ3n) is 4.46. The fourth-order valence-corrected chi connectivity index (χ4v) is 4.16. The van der Waals surface area contributed by atoms with Gasteiger partial charge in [-0.05, 0) is 55.5 Å². The van der Waals surface area contributed by atoms with Gasteiger partial charge in [-0.2, -0.15) is 0 Å². The first-order chi connectivity index (χ1) is 14.2. The number of carbonyl (C=O) groups is 2. The number of nitrogens with one attached hydrogen (secondary N) is 2. The maximum Gasteiger partial charge on any atom is 0.261 e. The van der Waals surface area contributed by atoms with Crippen molar-refractivity contribution in [2.24, 2.45) is 0 Å². The zero-order chi connectivity index (χ0) is 21.5. The monoisotopic (exact) mass is 442 g/mol. The Balaban J connectivity index is 1.63. The molecule has 0 atom stereocenters. The summed E-state index contributed by atoms with van der Waals surface area (Å²) in [7, 11) is -3.92. The number of sulfonamides is 1. The van der Waals surface area contributed by atoms with Crippen LogP contribution < -0.4 is 14.8 Å². The number of ketones is 1. The Labute approximate surface area is 177 Å². The average Bonchev–Trinajstić information content (AvgIpc) is 2.83. The summed E-state index contributed by atoms with van der Waals surface area (Å²) in [6.45, 7) is 1.40. The molecule has 9 heteroatoms. The summed E-state index contributed by atoms with van der Waals surface area (Å²) in [5.41, 5.74) is 1.17. The quantitative estimate of drug-likeness (QED) is 0.570. The number of rotatable bonds is 4. The summed E-state index contributed by atoms with van der Waals surface area (Å²) >= 11 is 5.97. The van der Waals surface area contributed by atoms with E-state index < -0.39 is 15.9 Å². The van der Waals surface area contributed by atoms with E-state index in [1.54, 1.807) is 18.2 Å². The standard InChI is InChI=1S/C21H15ClN2O5S/c1-12(25)13-2-6-16(7-3-13)30(27,28)24-15-5-9-19-17(11-15)21(26)23-18-10-14(22)4-8-20(18)29-19/h2-11,24H,1H3,(H,23,26). The summed E-state index contributed by atoms with van der Waals surface area (Å²) in [6, 6.07) is 14.8. The van der Waals surface area contributed by atoms with E-state index in [9.17, 15) is 18.0 Å². The van der Waals surface area contributed by atoms with Crippen LogP contribution in [0.5, 0.6) is 11.5 Å². The van der Waals surface area contributed by atoms with Crippen LogP contribution in [0.1, 0.15) is 27.6 Å². The van der Waals surface area contributed by atoms with E-state index in [0.717, 1.165) is 0 Å². The van der Waals surface area contributed by atoms with Crippen molar-refractivity contribution >= 4 is 44.7 Å². The molecule has 0 unspecified atom stereocenters. The molecule has 0 aromatic heterocycles. The minimum atomic E-state index is -3.92. The van der Waals surface area contributed by atoms with E-state index in [-0.39, 0.29) is 27.7 Å². The zero-order valence-electron chi connectivity index (χ0n) is 15.6. The summed E-state index contributed by atoms with van der Waals surface area (Å²) in [5.74, 6) is 0.0801. The van der Waals surface area contributed by atoms with Gasteiger partial charge in [0.15, 0.2) is 11.5 Å². The molecule has 4 rings (SSSR count). The number of hydrogen-bond donors (Lipinski definition) is 2. The Hall–Kier alpha value is -3.36. The summed E-state index contributed by atoms with van der Waals surface area (Å²) in [6.07, 6.45) is 0. The van der Waals surface area contributed by atoms with Gasteiger partial charge in [0.1, 0.15) is 5.75 Å². The Kier molecular flexibility index (Phi) is 4.97. The molecule has 0 fully saturated rings. The number of anilines is 2. The fraction of sp³-hybridized carbons (Fsp3) is 0.0476. The maximum atomic E-state index is 12.7. The van der Waals surface area contributed by atoms with Crippen LogP contribution in [0.15, 0.2) is 65.6 Å². The van der Waals surface area contributed by atoms with Crippen molar-refractivity contribution in [3.63, 3.8) is 0 Å². The van der Waals surface area contributed by atoms with Gasteiger partial charge in [-0.15, -0.1) is 0 Å². The predicted molar refractivity (Wildman–Crippen MR) is 113 cm³/mol. The number of hydrogen-bond acceptors (Lipinski definition) is 5. The van der Waals surface area contributed by atoms with Crippen LogP contribution in [0.4, 0.5) is 11.4 Å². The number of ether oxygens (including phenoxy) is 1. The van der Waals surface area contributed by atoms with Gasteiger partial charge in [-0.25, -0.2) is 8.42 Å². The van der Waals surface area contributed by atoms with Crippen molar-refractivity contribution in [1.82, 2.24) is 0 Å². The molecule has 0 bridgehead atoms. The highest BCUT2D eigenvalue weighted by molar-refractivity contribution is 7.92. The van der Waals surface area contributed by atoms with Crippen molar-refractivity contribution in [1.29, 1.82) is 0 Å². The van der Waals surface area contributed by atoms with E-state index in [1.165, 1.54) is 49.4 Å². The maximum absolute atomic E-state index is 12.7. The highest BCUT2D eigenvalue weighted by atomic mass is 35.5. The normalized spacial score (nSPS) is 12.7. The molecule has 2 N–H and O–H groups in total. The molecular weight excluding hydrogens is 428 g/mol. The second-order valence-electron chi connectivity index (χ2n) is 6.59. The molecule has 1 heterocycles. The Morgan fingerprint density at radius 2 is 1.70 bits per heavy atom. The molecule has 1 aliphatic rings. The number of benzene rings is 3. The summed E-state index contributed by atoms with van der Waals surface area (Å²) < 4.78 is 33.6. The lowest BCUT2D eigenvalue weighted by Gasteiger charge is -2.11. The van der Waals surface area contributed by atoms with Crippen molar-refractivity contribution < 1.29 is 22.7 Å². The SMILES string of the molecule is CC(=O)c1ccc(S(=O)(=O)Nc2ccc3c(c2)C(=O)Nc2cc(Cl)ccc2O3)cc1. The molecule has 0 saturated heterocycles. The topological polar surface area (TPSA) is 102 Å². The highest BCUT2D eigenvalue weighted by Crippen LogP contribution is 2.38. The fourth-order valence-electron chi connectivity index (χ4n) is 2.94. The molecule has 1 amide bonds. The third-order valence-corrected chi connectivity index (χ3v) is 6.09. The molecule has 1 aliphatic heterocycles. The minimum Gasteiger partial charge on any atom is -0.454 e. The lowest BCUT2D eigenvalue weighted by atomic mass is 10.1. The van der Waals surface area contributed by atoms with Gasteiger partial charge in [0.25, 0.3) is 15.9 Å². The first-order valence-electron chi connectivity index (χ1n) is 8.79. The molecule has 0 saturated carbocycles. The molecular formula is C21H15ClN2O5S. The van der Waals surface area contributed by atoms with E-state index in [0.29, 0.717) is 22.0 Å². The summed E-state index contributed by atoms with van der Waals surface area (Å²) in [4.78, 5) is 24.0. The third kappa shape index (κ3) is 3.87. The van der Waals surface area contributed by atoms with Gasteiger partial charge in [0.2, 0.25) is 0 Å². The van der Waals surface area contributed by atoms with E-state index in [4.69, 9.17) is 16.3 Å². The van der Waals surface area contributed by atoms with Crippen molar-refractivity contribution in [3.8, 4) is 11.5 Å². The highest BCUT2D eigenvalue weighted by Gasteiger charge is 2.23. The molecule has 0 spiro atoms. The van der Waals surface area contributed by atoms with Crippen LogP contribution in [-0.4, -0.2) is 20.1 Å². The second-order valence-corrected chi connectivity index (χ2v) is 8.71. The molecule has 0 radical (unpaired) electrons. The van der Waals surface area contributed by atoms with Crippen molar-refractivity contribution in [2.45, 2.75) is 11.8 Å². The molecule has 152 valence electrons. The van der Waals surface area contributed by atoms with Crippen LogP contribution >= 0.6 is 11.6 Å². The van der Waals surface area contributed by atoms with E-state index in [2.05, 4.69) is 10.0 Å². The summed E-state index contributed by atoms with van der Waals surface area (Å²) in [5, 5.41) is 3.14. The lowest BCUT2D eigenvalue weighted by Crippen LogP contribution is -2.15. The average molecular weight is 443 g/mol. The van der Waals surface area contributed by atoms with Gasteiger partial charge < -0.3 is 10.1 Å². The van der Waals surface area contributed by atoms with Crippen LogP contribution in [-0.2, 0) is 10.0 Å². The number of carbonyl (C=O) groups excluding carboxylic acids is 2. The minimum absolute atomic E-state index is 0.00908. The van der Waals surface area contributed by atoms with Crippen LogP contribution in [0.25, 0.3) is 0 Å². The number of halogens is 1. The van der Waals surface area contributed by atoms with E-state index in [1.807, 2.05) is 0 Å². The van der Waals surface area contributed by atoms with Crippen LogP contribution in [0, 0.1) is 0 Å². The van der Waals surface area contributed by atoms with Crippen molar-refractivity contribution in [3.05, 3.63) is 76.8 Å². The van der Waals surface area contributed by atoms with E-state index >= 15 is 0 Å². The molecule has 3 aromatic carbocycles. The van der Waals surface area contributed by atoms with Gasteiger partial charge >= 0.3 is 0 Å². The molecule has 30 heavy (non-hydrogen) atoms. The van der Waals surface area contributed by atoms with Crippen LogP contribution in [0.3, 0.4) is 0 Å². The van der Waals surface area contributed by atoms with Gasteiger partial charge in [-0.1, -0.05) is 23.7 Å². The van der Waals surface area contributed by atoms with Crippen LogP contribution in [0.2, 0.25) is 5.02 Å². The van der Waals surface area contributed by atoms with Gasteiger partial charge in [0, 0.05) is 16.3 Å². The Morgan fingerprint density at radius 1 is 1.00 bits per heavy atom. The van der Waals surface area contributed by atoms with Crippen molar-refractivity contribution in [2.75, 3.05) is 10.0 Å². The lowest BCUT2D eigenvalue weighted by molar-refractivity contribution is 0.101. The Morgan fingerprint density at radius 3 is 2.40 bits per heavy atom. The largest absolute Gasteiger partial charge is 0.454 e. The predicted octanol–water partition coefficient (Wildman–Crippen LogP) is 4.70. The zero-order valence-corrected chi connectivity index (χ0v) is 17.2. The first kappa shape index (κ1) is 19.9. The number of Topliss-reactive ketones (excluding diaryl/α,β-unsaturated/α-hetero) is 1. The van der Waals surface area contributed by atoms with Gasteiger partial charge in [0.05, 0.1) is 16.1 Å². The van der Waals surface area contributed by atoms with Gasteiger partial charge in [-0.3, -0.25) is 14.3 Å². The second kappa shape index (κ2) is 7.47. The first-order valence-corrected chi connectivity index (χ1v) is 10.7. The number of amides is 1. The molecule has 3 aromatic rings.